The molecule has 0 saturated carbocycles. The Hall–Kier alpha value is -2.67. The lowest BCUT2D eigenvalue weighted by Crippen LogP contribution is -2.48. The molecule has 0 saturated heterocycles. The molecule has 0 bridgehead atoms. The third kappa shape index (κ3) is 49.3. The Bertz CT molecular complexity index is 1440. The first kappa shape index (κ1) is 78.3. The third-order valence-corrected chi connectivity index (χ3v) is 18.0. The van der Waals surface area contributed by atoms with Crippen molar-refractivity contribution >= 4 is 17.9 Å². The van der Waals surface area contributed by atoms with Crippen LogP contribution in [0.1, 0.15) is 387 Å². The highest BCUT2D eigenvalue weighted by molar-refractivity contribution is 5.76. The molecule has 2 atom stereocenters. The molecule has 4 N–H and O–H groups in total. The topological polar surface area (TPSA) is 132 Å². The normalized spacial score (nSPS) is 14.0. The van der Waals surface area contributed by atoms with Crippen molar-refractivity contribution in [1.82, 2.24) is 0 Å². The molecule has 0 spiro atoms. The van der Waals surface area contributed by atoms with Crippen molar-refractivity contribution < 1.29 is 34.8 Å². The Morgan fingerprint density at radius 1 is 0.309 bits per heavy atom. The van der Waals surface area contributed by atoms with Gasteiger partial charge in [-0.15, -0.1) is 0 Å². The van der Waals surface area contributed by atoms with E-state index in [0.717, 1.165) is 218 Å². The van der Waals surface area contributed by atoms with Crippen LogP contribution < -0.4 is 0 Å². The molecule has 0 aromatic rings. The van der Waals surface area contributed by atoms with E-state index in [2.05, 4.69) is 69.4 Å². The lowest BCUT2D eigenvalue weighted by Gasteiger charge is -2.50. The summed E-state index contributed by atoms with van der Waals surface area (Å²) in [7, 11) is 0. The maximum Gasteiger partial charge on any atom is 0.310 e. The number of hydrogen-bond acceptors (Lipinski definition) is 4. The summed E-state index contributed by atoms with van der Waals surface area (Å²) in [5.74, 6) is -1.88. The van der Waals surface area contributed by atoms with Gasteiger partial charge in [-0.05, 0) is 127 Å². The zero-order valence-corrected chi connectivity index (χ0v) is 54.0. The van der Waals surface area contributed by atoms with Crippen molar-refractivity contribution in [2.24, 2.45) is 10.8 Å². The van der Waals surface area contributed by atoms with Crippen molar-refractivity contribution in [3.8, 4) is 0 Å². The highest BCUT2D eigenvalue weighted by atomic mass is 16.4. The SMILES string of the molecule is CCCCCCCCCCCCC(CCCCCCCC)(CCCCCCCCC(O)CCCCCC)C(CCCCCC=CCC=CCCCCCCCC(=O)O)(CCCCCC=CCC=CCCCCCCCC(=O)O)C(=O)O. The first-order valence-electron chi connectivity index (χ1n) is 35.6. The summed E-state index contributed by atoms with van der Waals surface area (Å²) in [5, 5.41) is 40.3. The second-order valence-corrected chi connectivity index (χ2v) is 25.2. The smallest absolute Gasteiger partial charge is 0.310 e. The number of carboxylic acid groups (broad SMARTS) is 3. The fourth-order valence-electron chi connectivity index (χ4n) is 12.8. The highest BCUT2D eigenvalue weighted by Gasteiger charge is 2.54. The number of rotatable bonds is 66. The summed E-state index contributed by atoms with van der Waals surface area (Å²) in [6.07, 6.45) is 80.8. The predicted molar refractivity (Wildman–Crippen MR) is 351 cm³/mol. The van der Waals surface area contributed by atoms with Gasteiger partial charge in [-0.3, -0.25) is 14.4 Å². The number of carbonyl (C=O) groups is 3. The largest absolute Gasteiger partial charge is 0.481 e. The standard InChI is InChI=1S/C74H136O7/c1-4-7-10-13-15-16-33-39-47-56-65-73(64-55-46-14-11-8-5-2,66-57-48-42-38-43-52-61-69(75)60-51-12-9-6-3)74(72(80)81,67-58-49-40-34-29-25-21-17-19-23-27-31-36-44-53-62-70(76)77)68-59-50-41-35-30-26-22-18-20-24-28-32-37-45-54-63-71(78)79/h17-20,25-26,29-30,69,75H,4-16,21-24,27-28,31-68H2,1-3H3,(H,76,77)(H,78,79)(H,80,81). The van der Waals surface area contributed by atoms with Crippen LogP contribution in [0.3, 0.4) is 0 Å². The Balaban J connectivity index is 6.21. The Labute approximate surface area is 502 Å². The summed E-state index contributed by atoms with van der Waals surface area (Å²) in [6, 6.07) is 0. The van der Waals surface area contributed by atoms with Crippen LogP contribution in [0.4, 0.5) is 0 Å². The Morgan fingerprint density at radius 3 is 0.864 bits per heavy atom. The van der Waals surface area contributed by atoms with E-state index >= 15 is 0 Å². The van der Waals surface area contributed by atoms with Gasteiger partial charge < -0.3 is 20.4 Å². The molecule has 0 aliphatic rings. The fraction of sp³-hybridized carbons (Fsp3) is 0.851. The van der Waals surface area contributed by atoms with E-state index in [-0.39, 0.29) is 24.4 Å². The highest BCUT2D eigenvalue weighted by Crippen LogP contribution is 2.57. The van der Waals surface area contributed by atoms with Gasteiger partial charge >= 0.3 is 17.9 Å². The van der Waals surface area contributed by atoms with Crippen LogP contribution in [-0.4, -0.2) is 44.4 Å². The summed E-state index contributed by atoms with van der Waals surface area (Å²) in [4.78, 5) is 36.1. The van der Waals surface area contributed by atoms with E-state index in [9.17, 15) is 24.6 Å². The number of aliphatic hydroxyl groups excluding tert-OH is 1. The van der Waals surface area contributed by atoms with Gasteiger partial charge in [0.15, 0.2) is 0 Å². The maximum absolute atomic E-state index is 14.6. The number of allylic oxidation sites excluding steroid dienone is 8. The van der Waals surface area contributed by atoms with Gasteiger partial charge in [-0.1, -0.05) is 301 Å². The van der Waals surface area contributed by atoms with Crippen LogP contribution in [-0.2, 0) is 14.4 Å². The molecule has 81 heavy (non-hydrogen) atoms. The van der Waals surface area contributed by atoms with Gasteiger partial charge in [0.1, 0.15) is 0 Å². The van der Waals surface area contributed by atoms with E-state index < -0.39 is 23.3 Å². The molecule has 0 aliphatic carbocycles. The summed E-state index contributed by atoms with van der Waals surface area (Å²) >= 11 is 0. The van der Waals surface area contributed by atoms with Crippen molar-refractivity contribution in [2.75, 3.05) is 0 Å². The molecular formula is C74H136O7. The van der Waals surface area contributed by atoms with Crippen molar-refractivity contribution in [3.05, 3.63) is 48.6 Å². The average molecular weight is 1140 g/mol. The van der Waals surface area contributed by atoms with Gasteiger partial charge in [-0.25, -0.2) is 0 Å². The second kappa shape index (κ2) is 60.5. The van der Waals surface area contributed by atoms with Crippen LogP contribution in [0, 0.1) is 10.8 Å². The van der Waals surface area contributed by atoms with Crippen molar-refractivity contribution in [2.45, 2.75) is 393 Å². The molecular weight excluding hydrogens is 1000 g/mol. The molecule has 0 fully saturated rings. The molecule has 0 aromatic carbocycles. The zero-order chi connectivity index (χ0) is 59.3. The summed E-state index contributed by atoms with van der Waals surface area (Å²) in [6.45, 7) is 6.83. The zero-order valence-electron chi connectivity index (χ0n) is 54.0. The summed E-state index contributed by atoms with van der Waals surface area (Å²) in [5.41, 5.74) is -0.897. The molecule has 0 rings (SSSR count). The van der Waals surface area contributed by atoms with Crippen LogP contribution in [0.2, 0.25) is 0 Å². The first-order valence-corrected chi connectivity index (χ1v) is 35.6. The van der Waals surface area contributed by atoms with E-state index in [1.165, 1.54) is 135 Å². The van der Waals surface area contributed by atoms with Gasteiger partial charge in [-0.2, -0.15) is 0 Å². The molecule has 0 aliphatic heterocycles. The molecule has 0 aromatic heterocycles. The quantitative estimate of drug-likeness (QED) is 0.0352. The van der Waals surface area contributed by atoms with Crippen molar-refractivity contribution in [1.29, 1.82) is 0 Å². The van der Waals surface area contributed by atoms with Gasteiger partial charge in [0, 0.05) is 12.8 Å². The van der Waals surface area contributed by atoms with E-state index in [4.69, 9.17) is 10.2 Å². The van der Waals surface area contributed by atoms with Gasteiger partial charge in [0.25, 0.3) is 0 Å². The third-order valence-electron chi connectivity index (χ3n) is 18.0. The van der Waals surface area contributed by atoms with Gasteiger partial charge in [0.05, 0.1) is 11.5 Å². The fourth-order valence-corrected chi connectivity index (χ4v) is 12.8. The van der Waals surface area contributed by atoms with Crippen LogP contribution in [0.15, 0.2) is 48.6 Å². The molecule has 0 heterocycles. The lowest BCUT2D eigenvalue weighted by molar-refractivity contribution is -0.164. The molecule has 474 valence electrons. The van der Waals surface area contributed by atoms with Gasteiger partial charge in [0.2, 0.25) is 0 Å². The molecule has 7 heteroatoms. The van der Waals surface area contributed by atoms with E-state index in [1.807, 2.05) is 0 Å². The Kier molecular flexibility index (Phi) is 58.5. The monoisotopic (exact) mass is 1140 g/mol. The predicted octanol–water partition coefficient (Wildman–Crippen LogP) is 24.1. The van der Waals surface area contributed by atoms with E-state index in [0.29, 0.717) is 0 Å². The van der Waals surface area contributed by atoms with E-state index in [1.54, 1.807) is 0 Å². The number of aliphatic hydroxyl groups is 1. The van der Waals surface area contributed by atoms with Crippen LogP contribution in [0.25, 0.3) is 0 Å². The second-order valence-electron chi connectivity index (χ2n) is 25.2. The summed E-state index contributed by atoms with van der Waals surface area (Å²) < 4.78 is 0. The number of unbranched alkanes of at least 4 members (excludes halogenated alkanes) is 38. The van der Waals surface area contributed by atoms with Crippen LogP contribution >= 0.6 is 0 Å². The minimum atomic E-state index is -0.707. The molecule has 7 nitrogen and oxygen atoms in total. The molecule has 2 unspecified atom stereocenters. The first-order chi connectivity index (χ1) is 39.6. The lowest BCUT2D eigenvalue weighted by atomic mass is 9.53. The number of aliphatic carboxylic acids is 3. The maximum atomic E-state index is 14.6. The van der Waals surface area contributed by atoms with Crippen LogP contribution in [0.5, 0.6) is 0 Å². The molecule has 0 radical (unpaired) electrons. The number of hydrogen-bond donors (Lipinski definition) is 4. The molecule has 0 amide bonds. The minimum absolute atomic E-state index is 0.151. The Morgan fingerprint density at radius 2 is 0.556 bits per heavy atom. The minimum Gasteiger partial charge on any atom is -0.481 e. The number of carboxylic acids is 3. The average Bonchev–Trinajstić information content (AvgIpc) is 3.44. The van der Waals surface area contributed by atoms with Crippen molar-refractivity contribution in [3.63, 3.8) is 0 Å².